The van der Waals surface area contributed by atoms with Gasteiger partial charge in [-0.3, -0.25) is 14.9 Å². The van der Waals surface area contributed by atoms with Crippen molar-refractivity contribution in [1.82, 2.24) is 9.88 Å². The molecule has 7 heteroatoms. The van der Waals surface area contributed by atoms with Gasteiger partial charge in [0.1, 0.15) is 11.6 Å². The van der Waals surface area contributed by atoms with Gasteiger partial charge in [0, 0.05) is 41.7 Å². The highest BCUT2D eigenvalue weighted by Crippen LogP contribution is 2.43. The second-order valence-corrected chi connectivity index (χ2v) is 8.76. The van der Waals surface area contributed by atoms with Crippen LogP contribution < -0.4 is 10.1 Å². The van der Waals surface area contributed by atoms with Gasteiger partial charge in [-0.15, -0.1) is 0 Å². The van der Waals surface area contributed by atoms with Crippen LogP contribution in [0, 0.1) is 5.82 Å². The lowest BCUT2D eigenvalue weighted by Gasteiger charge is -2.11. The molecule has 0 saturated carbocycles. The van der Waals surface area contributed by atoms with Crippen molar-refractivity contribution < 1.29 is 23.8 Å². The first kappa shape index (κ1) is 21.4. The molecule has 0 unspecified atom stereocenters. The molecular weight excluding hydrogens is 423 g/mol. The van der Waals surface area contributed by atoms with Gasteiger partial charge in [-0.1, -0.05) is 12.1 Å². The molecule has 170 valence electrons. The number of aryl methyl sites for hydroxylation is 1. The molecule has 2 N–H and O–H groups in total. The fourth-order valence-electron chi connectivity index (χ4n) is 4.78. The number of benzene rings is 2. The Morgan fingerprint density at radius 1 is 1.15 bits per heavy atom. The maximum Gasteiger partial charge on any atom is 0.259 e. The summed E-state index contributed by atoms with van der Waals surface area (Å²) in [7, 11) is 0. The Hall–Kier alpha value is -3.45. The molecule has 0 atom stereocenters. The molecule has 5 rings (SSSR count). The molecular formula is C26H25FN2O4. The summed E-state index contributed by atoms with van der Waals surface area (Å²) < 4.78 is 22.8. The van der Waals surface area contributed by atoms with Gasteiger partial charge in [0.25, 0.3) is 11.8 Å². The number of hydrogen-bond donors (Lipinski definition) is 2. The van der Waals surface area contributed by atoms with Crippen molar-refractivity contribution in [2.75, 3.05) is 13.2 Å². The number of imide groups is 1. The van der Waals surface area contributed by atoms with E-state index in [1.54, 1.807) is 6.07 Å². The number of halogens is 1. The van der Waals surface area contributed by atoms with Crippen LogP contribution in [-0.2, 0) is 22.4 Å². The van der Waals surface area contributed by atoms with E-state index >= 15 is 4.39 Å². The minimum atomic E-state index is -0.625. The highest BCUT2D eigenvalue weighted by molar-refractivity contribution is 6.50. The number of rotatable bonds is 6. The van der Waals surface area contributed by atoms with Crippen LogP contribution in [0.4, 0.5) is 4.39 Å². The summed E-state index contributed by atoms with van der Waals surface area (Å²) >= 11 is 0. The highest BCUT2D eigenvalue weighted by atomic mass is 19.1. The number of aliphatic hydroxyl groups excluding tert-OH is 1. The Morgan fingerprint density at radius 2 is 1.94 bits per heavy atom. The molecule has 0 spiro atoms. The van der Waals surface area contributed by atoms with Crippen molar-refractivity contribution in [3.63, 3.8) is 0 Å². The molecule has 3 aromatic rings. The van der Waals surface area contributed by atoms with E-state index in [2.05, 4.69) is 5.32 Å². The summed E-state index contributed by atoms with van der Waals surface area (Å²) in [6.07, 6.45) is 3.80. The number of ether oxygens (including phenoxy) is 1. The number of carbonyl (C=O) groups is 2. The molecule has 0 bridgehead atoms. The Labute approximate surface area is 190 Å². The van der Waals surface area contributed by atoms with Crippen LogP contribution in [0.2, 0.25) is 0 Å². The molecule has 0 saturated heterocycles. The lowest BCUT2D eigenvalue weighted by molar-refractivity contribution is -0.122. The van der Waals surface area contributed by atoms with Crippen molar-refractivity contribution in [3.8, 4) is 5.75 Å². The minimum Gasteiger partial charge on any atom is -0.492 e. The molecule has 3 heterocycles. The number of nitrogens with zero attached hydrogens (tertiary/aromatic N) is 1. The van der Waals surface area contributed by atoms with Crippen molar-refractivity contribution in [1.29, 1.82) is 0 Å². The normalized spacial score (nSPS) is 15.5. The van der Waals surface area contributed by atoms with Crippen LogP contribution in [0.3, 0.4) is 0 Å². The monoisotopic (exact) mass is 448 g/mol. The van der Waals surface area contributed by atoms with Crippen LogP contribution in [-0.4, -0.2) is 34.7 Å². The number of amides is 2. The molecule has 2 aliphatic rings. The Kier molecular flexibility index (Phi) is 5.29. The van der Waals surface area contributed by atoms with Crippen molar-refractivity contribution in [2.45, 2.75) is 39.2 Å². The van der Waals surface area contributed by atoms with Crippen molar-refractivity contribution >= 4 is 33.9 Å². The summed E-state index contributed by atoms with van der Waals surface area (Å²) in [5, 5.41) is 12.4. The fourth-order valence-corrected chi connectivity index (χ4v) is 4.78. The van der Waals surface area contributed by atoms with E-state index in [1.165, 1.54) is 6.07 Å². The predicted octanol–water partition coefficient (Wildman–Crippen LogP) is 3.79. The molecule has 0 fully saturated rings. The van der Waals surface area contributed by atoms with Gasteiger partial charge in [-0.2, -0.15) is 0 Å². The van der Waals surface area contributed by atoms with Gasteiger partial charge >= 0.3 is 0 Å². The van der Waals surface area contributed by atoms with Gasteiger partial charge in [0.2, 0.25) is 0 Å². The van der Waals surface area contributed by atoms with Crippen LogP contribution in [0.1, 0.15) is 48.6 Å². The summed E-state index contributed by atoms with van der Waals surface area (Å²) in [5.41, 5.74) is 3.55. The third-order valence-electron chi connectivity index (χ3n) is 6.33. The van der Waals surface area contributed by atoms with E-state index in [1.807, 2.05) is 42.8 Å². The second-order valence-electron chi connectivity index (χ2n) is 8.76. The van der Waals surface area contributed by atoms with E-state index in [-0.39, 0.29) is 29.4 Å². The third kappa shape index (κ3) is 3.43. The minimum absolute atomic E-state index is 0.0137. The average molecular weight is 448 g/mol. The van der Waals surface area contributed by atoms with Crippen LogP contribution in [0.25, 0.3) is 22.0 Å². The number of aliphatic hydroxyl groups is 1. The maximum absolute atomic E-state index is 15.1. The quantitative estimate of drug-likeness (QED) is 0.563. The number of aromatic nitrogens is 1. The van der Waals surface area contributed by atoms with E-state index in [0.29, 0.717) is 37.2 Å². The Morgan fingerprint density at radius 3 is 2.70 bits per heavy atom. The number of carbonyl (C=O) groups excluding carboxylic acids is 2. The third-order valence-corrected chi connectivity index (χ3v) is 6.33. The smallest absolute Gasteiger partial charge is 0.259 e. The second kappa shape index (κ2) is 8.15. The van der Waals surface area contributed by atoms with Crippen LogP contribution in [0.15, 0.2) is 36.5 Å². The van der Waals surface area contributed by atoms with Gasteiger partial charge < -0.3 is 14.4 Å². The van der Waals surface area contributed by atoms with E-state index in [0.717, 1.165) is 22.0 Å². The predicted molar refractivity (Wildman–Crippen MR) is 123 cm³/mol. The van der Waals surface area contributed by atoms with Crippen LogP contribution >= 0.6 is 0 Å². The molecule has 6 nitrogen and oxygen atoms in total. The van der Waals surface area contributed by atoms with Gasteiger partial charge in [-0.05, 0) is 56.0 Å². The van der Waals surface area contributed by atoms with Gasteiger partial charge in [0.05, 0.1) is 23.3 Å². The lowest BCUT2D eigenvalue weighted by atomic mass is 9.93. The average Bonchev–Trinajstić information content (AvgIpc) is 3.47. The standard InChI is InChI=1S/C26H25FN2O4/c1-14(2)29-13-18(17-12-15(4-3-10-30)5-8-20(17)29)21-23(26(32)28-25(21)31)22-19(27)7-6-16-9-11-33-24(16)22/h5-8,12-14,30H,3-4,9-11H2,1-2H3,(H,28,31,32). The first-order chi connectivity index (χ1) is 15.9. The Balaban J connectivity index is 1.81. The zero-order valence-electron chi connectivity index (χ0n) is 18.6. The zero-order valence-corrected chi connectivity index (χ0v) is 18.6. The van der Waals surface area contributed by atoms with Gasteiger partial charge in [-0.25, -0.2) is 4.39 Å². The maximum atomic E-state index is 15.1. The van der Waals surface area contributed by atoms with E-state index in [4.69, 9.17) is 4.74 Å². The summed E-state index contributed by atoms with van der Waals surface area (Å²) in [4.78, 5) is 26.0. The summed E-state index contributed by atoms with van der Waals surface area (Å²) in [6, 6.07) is 9.08. The highest BCUT2D eigenvalue weighted by Gasteiger charge is 2.38. The van der Waals surface area contributed by atoms with Crippen LogP contribution in [0.5, 0.6) is 5.75 Å². The first-order valence-corrected chi connectivity index (χ1v) is 11.2. The molecule has 0 aliphatic carbocycles. The fraction of sp³-hybridized carbons (Fsp3) is 0.308. The largest absolute Gasteiger partial charge is 0.492 e. The molecule has 1 aromatic heterocycles. The van der Waals surface area contributed by atoms with E-state index in [9.17, 15) is 14.7 Å². The zero-order chi connectivity index (χ0) is 23.3. The van der Waals surface area contributed by atoms with Crippen molar-refractivity contribution in [3.05, 3.63) is 64.6 Å². The van der Waals surface area contributed by atoms with Crippen molar-refractivity contribution in [2.24, 2.45) is 0 Å². The molecule has 2 amide bonds. The van der Waals surface area contributed by atoms with Gasteiger partial charge in [0.15, 0.2) is 0 Å². The number of fused-ring (bicyclic) bond motifs is 2. The lowest BCUT2D eigenvalue weighted by Crippen LogP contribution is -2.23. The molecule has 2 aromatic carbocycles. The SMILES string of the molecule is CC(C)n1cc(C2=C(c3c(F)ccc4c3OCC4)C(=O)NC2=O)c2cc(CCCO)ccc21. The number of hydrogen-bond acceptors (Lipinski definition) is 4. The Bertz CT molecular complexity index is 1340. The topological polar surface area (TPSA) is 80.6 Å². The summed E-state index contributed by atoms with van der Waals surface area (Å²) in [5.74, 6) is -1.43. The molecule has 33 heavy (non-hydrogen) atoms. The molecule has 2 aliphatic heterocycles. The summed E-state index contributed by atoms with van der Waals surface area (Å²) in [6.45, 7) is 4.57. The van der Waals surface area contributed by atoms with E-state index < -0.39 is 17.6 Å². The molecule has 0 radical (unpaired) electrons. The first-order valence-electron chi connectivity index (χ1n) is 11.2. The number of nitrogens with one attached hydrogen (secondary N) is 1.